The number of carbonyl (C=O) groups excluding carboxylic acids is 3. The van der Waals surface area contributed by atoms with Gasteiger partial charge in [0.25, 0.3) is 0 Å². The maximum atomic E-state index is 14.6. The van der Waals surface area contributed by atoms with Crippen LogP contribution in [0, 0.1) is 11.8 Å². The number of thioether (sulfide) groups is 1. The van der Waals surface area contributed by atoms with Gasteiger partial charge in [-0.3, -0.25) is 14.4 Å². The molecule has 4 aliphatic heterocycles. The van der Waals surface area contributed by atoms with Crippen molar-refractivity contribution in [2.45, 2.75) is 61.7 Å². The molecule has 4 aliphatic rings. The Morgan fingerprint density at radius 2 is 1.70 bits per heavy atom. The molecule has 1 aromatic carbocycles. The van der Waals surface area contributed by atoms with Crippen molar-refractivity contribution < 1.29 is 19.5 Å². The molecular weight excluding hydrogens is 486 g/mol. The SMILES string of the molecule is CCCN1CC=C[C@]2(C)S[C@]34C=CCN(C(C)C)C(=O)C3N([C@H](CO)c3ccccc3)C(=O)[C@@H]4[C@@H]2C1=O. The molecule has 37 heavy (non-hydrogen) atoms. The Balaban J connectivity index is 1.70. The molecule has 8 heteroatoms. The summed E-state index contributed by atoms with van der Waals surface area (Å²) in [4.78, 5) is 48.2. The zero-order chi connectivity index (χ0) is 26.5. The van der Waals surface area contributed by atoms with Crippen LogP contribution in [0.15, 0.2) is 54.6 Å². The van der Waals surface area contributed by atoms with E-state index < -0.39 is 33.4 Å². The largest absolute Gasteiger partial charge is 0.394 e. The number of likely N-dealkylation sites (tertiary alicyclic amines) is 1. The topological polar surface area (TPSA) is 81.2 Å². The third-order valence-electron chi connectivity index (χ3n) is 8.42. The molecule has 5 rings (SSSR count). The third-order valence-corrected chi connectivity index (χ3v) is 10.2. The van der Waals surface area contributed by atoms with Crippen molar-refractivity contribution in [2.24, 2.45) is 11.8 Å². The molecule has 1 aromatic rings. The summed E-state index contributed by atoms with van der Waals surface area (Å²) < 4.78 is -1.53. The highest BCUT2D eigenvalue weighted by Crippen LogP contribution is 2.66. The fourth-order valence-electron chi connectivity index (χ4n) is 6.83. The minimum Gasteiger partial charge on any atom is -0.394 e. The first-order chi connectivity index (χ1) is 17.7. The average Bonchev–Trinajstić information content (AvgIpc) is 3.14. The summed E-state index contributed by atoms with van der Waals surface area (Å²) in [5.74, 6) is -1.67. The summed E-state index contributed by atoms with van der Waals surface area (Å²) in [7, 11) is 0. The van der Waals surface area contributed by atoms with E-state index in [-0.39, 0.29) is 30.4 Å². The lowest BCUT2D eigenvalue weighted by Crippen LogP contribution is -2.55. The predicted octanol–water partition coefficient (Wildman–Crippen LogP) is 3.02. The highest BCUT2D eigenvalue weighted by atomic mass is 32.2. The van der Waals surface area contributed by atoms with Gasteiger partial charge in [0.2, 0.25) is 17.7 Å². The van der Waals surface area contributed by atoms with E-state index in [4.69, 9.17) is 0 Å². The van der Waals surface area contributed by atoms with Crippen LogP contribution in [-0.2, 0) is 14.4 Å². The first-order valence-electron chi connectivity index (χ1n) is 13.3. The van der Waals surface area contributed by atoms with Gasteiger partial charge in [0, 0.05) is 30.4 Å². The molecule has 0 aliphatic carbocycles. The van der Waals surface area contributed by atoms with Gasteiger partial charge < -0.3 is 19.8 Å². The van der Waals surface area contributed by atoms with Crippen LogP contribution in [-0.4, -0.2) is 85.3 Å². The van der Waals surface area contributed by atoms with E-state index in [0.29, 0.717) is 19.6 Å². The first kappa shape index (κ1) is 26.0. The highest BCUT2D eigenvalue weighted by Gasteiger charge is 2.74. The second-order valence-corrected chi connectivity index (χ2v) is 12.8. The first-order valence-corrected chi connectivity index (χ1v) is 14.1. The Bertz CT molecular complexity index is 1140. The number of carbonyl (C=O) groups is 3. The monoisotopic (exact) mass is 523 g/mol. The Morgan fingerprint density at radius 3 is 2.35 bits per heavy atom. The third kappa shape index (κ3) is 3.86. The Kier molecular flexibility index (Phi) is 6.77. The zero-order valence-electron chi connectivity index (χ0n) is 22.0. The van der Waals surface area contributed by atoms with Gasteiger partial charge in [-0.2, -0.15) is 0 Å². The number of amides is 3. The van der Waals surface area contributed by atoms with Crippen molar-refractivity contribution in [1.29, 1.82) is 0 Å². The second kappa shape index (κ2) is 9.62. The van der Waals surface area contributed by atoms with Crippen LogP contribution in [0.4, 0.5) is 0 Å². The van der Waals surface area contributed by atoms with E-state index in [1.54, 1.807) is 21.6 Å². The van der Waals surface area contributed by atoms with Gasteiger partial charge in [-0.05, 0) is 32.8 Å². The molecule has 1 spiro atoms. The summed E-state index contributed by atoms with van der Waals surface area (Å²) >= 11 is 1.58. The molecule has 198 valence electrons. The van der Waals surface area contributed by atoms with Crippen LogP contribution in [0.1, 0.15) is 45.7 Å². The lowest BCUT2D eigenvalue weighted by atomic mass is 9.74. The highest BCUT2D eigenvalue weighted by molar-refractivity contribution is 8.02. The van der Waals surface area contributed by atoms with Gasteiger partial charge in [0.1, 0.15) is 6.04 Å². The molecule has 2 fully saturated rings. The minimum atomic E-state index is -0.908. The van der Waals surface area contributed by atoms with E-state index in [9.17, 15) is 19.5 Å². The van der Waals surface area contributed by atoms with Crippen LogP contribution in [0.2, 0.25) is 0 Å². The van der Waals surface area contributed by atoms with Crippen molar-refractivity contribution in [1.82, 2.24) is 14.7 Å². The van der Waals surface area contributed by atoms with Crippen molar-refractivity contribution >= 4 is 29.5 Å². The van der Waals surface area contributed by atoms with Crippen LogP contribution in [0.25, 0.3) is 0 Å². The molecule has 0 aromatic heterocycles. The van der Waals surface area contributed by atoms with E-state index in [1.165, 1.54) is 0 Å². The number of hydrogen-bond donors (Lipinski definition) is 1. The summed E-state index contributed by atoms with van der Waals surface area (Å²) in [6.07, 6.45) is 8.99. The molecule has 7 nitrogen and oxygen atoms in total. The summed E-state index contributed by atoms with van der Waals surface area (Å²) in [6, 6.07) is 7.84. The molecule has 6 atom stereocenters. The Labute approximate surface area is 223 Å². The predicted molar refractivity (Wildman–Crippen MR) is 145 cm³/mol. The van der Waals surface area contributed by atoms with Gasteiger partial charge in [-0.15, -0.1) is 11.8 Å². The summed E-state index contributed by atoms with van der Waals surface area (Å²) in [5.41, 5.74) is 0.776. The molecule has 2 saturated heterocycles. The number of hydrogen-bond acceptors (Lipinski definition) is 5. The number of rotatable bonds is 6. The van der Waals surface area contributed by atoms with Crippen LogP contribution in [0.3, 0.4) is 0 Å². The molecule has 3 amide bonds. The Morgan fingerprint density at radius 1 is 1.00 bits per heavy atom. The van der Waals surface area contributed by atoms with Gasteiger partial charge in [0.15, 0.2) is 0 Å². The molecule has 1 N–H and O–H groups in total. The van der Waals surface area contributed by atoms with Gasteiger partial charge in [-0.25, -0.2) is 0 Å². The smallest absolute Gasteiger partial charge is 0.247 e. The standard InChI is InChI=1S/C29H37N3O4S/c1-5-15-30-16-9-13-28(4)22(25(30)34)23-26(35)32(21(18-33)20-11-7-6-8-12-20)24-27(36)31(19(2)3)17-10-14-29(23,24)37-28/h6-14,19,21-24,33H,5,15-18H2,1-4H3/t21-,22-,23+,24?,28+,29+/m1/s1. The number of aliphatic hydroxyl groups is 1. The van der Waals surface area contributed by atoms with E-state index in [0.717, 1.165) is 12.0 Å². The van der Waals surface area contributed by atoms with E-state index in [1.807, 2.05) is 81.2 Å². The molecular formula is C29H37N3O4S. The van der Waals surface area contributed by atoms with Crippen molar-refractivity contribution in [2.75, 3.05) is 26.2 Å². The number of aliphatic hydroxyl groups excluding tert-OH is 1. The molecule has 0 bridgehead atoms. The molecule has 4 heterocycles. The summed E-state index contributed by atoms with van der Waals surface area (Å²) in [5, 5.41) is 10.6. The lowest BCUT2D eigenvalue weighted by molar-refractivity contribution is -0.148. The molecule has 0 saturated carbocycles. The van der Waals surface area contributed by atoms with Gasteiger partial charge in [0.05, 0.1) is 29.2 Å². The van der Waals surface area contributed by atoms with Crippen molar-refractivity contribution in [3.63, 3.8) is 0 Å². The van der Waals surface area contributed by atoms with Crippen molar-refractivity contribution in [3.8, 4) is 0 Å². The number of benzene rings is 1. The number of nitrogens with zero attached hydrogens (tertiary/aromatic N) is 3. The van der Waals surface area contributed by atoms with Crippen LogP contribution < -0.4 is 0 Å². The lowest BCUT2D eigenvalue weighted by Gasteiger charge is -2.40. The maximum absolute atomic E-state index is 14.6. The minimum absolute atomic E-state index is 0.0243. The van der Waals surface area contributed by atoms with Crippen molar-refractivity contribution in [3.05, 3.63) is 60.2 Å². The zero-order valence-corrected chi connectivity index (χ0v) is 22.9. The summed E-state index contributed by atoms with van der Waals surface area (Å²) in [6.45, 7) is 9.33. The normalized spacial score (nSPS) is 33.9. The molecule has 0 radical (unpaired) electrons. The fraction of sp³-hybridized carbons (Fsp3) is 0.552. The van der Waals surface area contributed by atoms with Crippen LogP contribution >= 0.6 is 11.8 Å². The number of fused-ring (bicyclic) bond motifs is 2. The second-order valence-electron chi connectivity index (χ2n) is 11.0. The van der Waals surface area contributed by atoms with Gasteiger partial charge in [-0.1, -0.05) is 61.6 Å². The van der Waals surface area contributed by atoms with E-state index in [2.05, 4.69) is 6.08 Å². The maximum Gasteiger partial charge on any atom is 0.247 e. The van der Waals surface area contributed by atoms with Crippen LogP contribution in [0.5, 0.6) is 0 Å². The Hall–Kier alpha value is -2.58. The quantitative estimate of drug-likeness (QED) is 0.580. The van der Waals surface area contributed by atoms with E-state index >= 15 is 0 Å². The average molecular weight is 524 g/mol. The fourth-order valence-corrected chi connectivity index (χ4v) is 8.97. The molecule has 1 unspecified atom stereocenters. The van der Waals surface area contributed by atoms with Gasteiger partial charge >= 0.3 is 0 Å².